The highest BCUT2D eigenvalue weighted by molar-refractivity contribution is 7.87. The van der Waals surface area contributed by atoms with Crippen LogP contribution in [-0.4, -0.2) is 101 Å². The van der Waals surface area contributed by atoms with Gasteiger partial charge in [-0.05, 0) is 96.4 Å². The van der Waals surface area contributed by atoms with Gasteiger partial charge in [-0.1, -0.05) is 12.1 Å². The number of rotatable bonds is 20. The smallest absolute Gasteiger partial charge is 0.323 e. The first-order valence-electron chi connectivity index (χ1n) is 24.3. The summed E-state index contributed by atoms with van der Waals surface area (Å²) < 4.78 is 168. The van der Waals surface area contributed by atoms with Gasteiger partial charge in [-0.3, -0.25) is 18.2 Å². The SMILES string of the molecule is COc1cc(N=Nc2cc(OC)c(NC(=O)Nc3cc(C)c(N=Nc4cc(OC)c(N=Nc5ccc6cc(S(=O)(=O)O)cc(S(=O)(=O)O)c6c5)cc4OC)cc3OC)cc2C)c(OC)cc1N=Nc1ccc2cc(S(=O)(=O)O)cc(S(=O)(=O)O)c2c1. The van der Waals surface area contributed by atoms with E-state index in [-0.39, 0.29) is 102 Å². The van der Waals surface area contributed by atoms with Gasteiger partial charge in [-0.15, -0.1) is 20.5 Å². The zero-order valence-electron chi connectivity index (χ0n) is 46.0. The summed E-state index contributed by atoms with van der Waals surface area (Å²) in [6.45, 7) is 3.45. The number of nitrogens with one attached hydrogen (secondary N) is 2. The van der Waals surface area contributed by atoms with Gasteiger partial charge in [0, 0.05) is 47.2 Å². The topological polar surface area (TPSA) is 413 Å². The van der Waals surface area contributed by atoms with E-state index in [0.717, 1.165) is 12.1 Å². The molecule has 0 aliphatic heterocycles. The van der Waals surface area contributed by atoms with Crippen LogP contribution in [0.3, 0.4) is 0 Å². The molecule has 0 aliphatic carbocycles. The van der Waals surface area contributed by atoms with E-state index >= 15 is 0 Å². The summed E-state index contributed by atoms with van der Waals surface area (Å²) in [5.74, 6) is 1.11. The molecule has 448 valence electrons. The molecule has 29 nitrogen and oxygen atoms in total. The number of nitrogens with zero attached hydrogens (tertiary/aromatic N) is 8. The zero-order valence-corrected chi connectivity index (χ0v) is 49.3. The molecular formula is C53H48N10O19S4. The van der Waals surface area contributed by atoms with Crippen molar-refractivity contribution in [3.63, 3.8) is 0 Å². The normalized spacial score (nSPS) is 12.4. The second kappa shape index (κ2) is 24.9. The Morgan fingerprint density at radius 3 is 0.942 bits per heavy atom. The Morgan fingerprint density at radius 2 is 0.651 bits per heavy atom. The molecule has 0 aliphatic rings. The van der Waals surface area contributed by atoms with E-state index in [1.165, 1.54) is 103 Å². The second-order valence-corrected chi connectivity index (χ2v) is 23.6. The summed E-state index contributed by atoms with van der Waals surface area (Å²) in [5, 5.41) is 39.8. The summed E-state index contributed by atoms with van der Waals surface area (Å²) in [5.41, 5.74) is 3.18. The molecule has 0 spiro atoms. The first-order chi connectivity index (χ1) is 40.5. The first-order valence-corrected chi connectivity index (χ1v) is 30.0. The maximum atomic E-state index is 13.6. The average molecular weight is 1260 g/mol. The maximum Gasteiger partial charge on any atom is 0.323 e. The maximum absolute atomic E-state index is 13.6. The molecule has 6 N–H and O–H groups in total. The predicted molar refractivity (Wildman–Crippen MR) is 311 cm³/mol. The van der Waals surface area contributed by atoms with Gasteiger partial charge in [0.15, 0.2) is 0 Å². The summed E-state index contributed by atoms with van der Waals surface area (Å²) in [4.78, 5) is 10.5. The molecule has 33 heteroatoms. The quantitative estimate of drug-likeness (QED) is 0.0305. The molecule has 8 aromatic carbocycles. The van der Waals surface area contributed by atoms with Gasteiger partial charge in [0.05, 0.1) is 86.6 Å². The van der Waals surface area contributed by atoms with Crippen molar-refractivity contribution < 1.29 is 85.1 Å². The Kier molecular flexibility index (Phi) is 18.1. The van der Waals surface area contributed by atoms with Crippen molar-refractivity contribution in [2.75, 3.05) is 53.3 Å². The van der Waals surface area contributed by atoms with Gasteiger partial charge in [0.1, 0.15) is 67.0 Å². The minimum absolute atomic E-state index is 0.0578. The number of azo groups is 4. The number of hydrogen-bond donors (Lipinski definition) is 6. The van der Waals surface area contributed by atoms with Crippen LogP contribution in [0.2, 0.25) is 0 Å². The molecule has 2 amide bonds. The van der Waals surface area contributed by atoms with Gasteiger partial charge in [-0.25, -0.2) is 4.79 Å². The van der Waals surface area contributed by atoms with Crippen LogP contribution in [0.1, 0.15) is 11.1 Å². The molecule has 0 saturated heterocycles. The van der Waals surface area contributed by atoms with Crippen LogP contribution in [0.5, 0.6) is 34.5 Å². The highest BCUT2D eigenvalue weighted by atomic mass is 32.2. The van der Waals surface area contributed by atoms with Gasteiger partial charge in [0.25, 0.3) is 40.5 Å². The van der Waals surface area contributed by atoms with Crippen molar-refractivity contribution in [2.45, 2.75) is 33.4 Å². The molecule has 0 radical (unpaired) electrons. The Balaban J connectivity index is 0.968. The van der Waals surface area contributed by atoms with Crippen molar-refractivity contribution in [3.05, 3.63) is 120 Å². The largest absolute Gasteiger partial charge is 0.494 e. The molecule has 0 atom stereocenters. The number of aryl methyl sites for hydroxylation is 2. The average Bonchev–Trinajstić information content (AvgIpc) is 1.20. The zero-order chi connectivity index (χ0) is 62.6. The van der Waals surface area contributed by atoms with Crippen LogP contribution < -0.4 is 39.1 Å². The standard InChI is InChI=1S/C53H48N10O19S4/c1-27-13-39(45(77-3)21-37(27)58-62-43-25-47(79-5)41(23-49(43)81-7)60-56-31-11-9-29-15-33(83(65,66)67)19-51(35(29)17-31)85(71,72)73)54-53(64)55-40-14-28(2)38(22-46(40)78-4)59-63-44-26-48(80-6)42(24-50(44)82-8)61-57-32-12-10-30-16-34(84(68,69)70)20-52(36(30)18-32)86(74,75)76/h9-26H,1-8H3,(H2,54,55,64)(H,65,66,67)(H,68,69,70)(H,71,72,73)(H,74,75,76). The van der Waals surface area contributed by atoms with E-state index in [1.54, 1.807) is 38.1 Å². The van der Waals surface area contributed by atoms with Crippen molar-refractivity contribution in [3.8, 4) is 34.5 Å². The van der Waals surface area contributed by atoms with Gasteiger partial charge in [-0.2, -0.15) is 54.1 Å². The van der Waals surface area contributed by atoms with E-state index in [1.807, 2.05) is 0 Å². The Labute approximate surface area is 490 Å². The molecule has 8 aromatic rings. The van der Waals surface area contributed by atoms with Crippen LogP contribution in [-0.2, 0) is 40.5 Å². The van der Waals surface area contributed by atoms with Crippen LogP contribution in [0, 0.1) is 13.8 Å². The van der Waals surface area contributed by atoms with Gasteiger partial charge in [0.2, 0.25) is 0 Å². The minimum Gasteiger partial charge on any atom is -0.494 e. The number of amides is 2. The molecule has 0 bridgehead atoms. The third-order valence-corrected chi connectivity index (χ3v) is 15.9. The number of fused-ring (bicyclic) bond motifs is 2. The van der Waals surface area contributed by atoms with Crippen LogP contribution in [0.25, 0.3) is 21.5 Å². The predicted octanol–water partition coefficient (Wildman–Crippen LogP) is 13.0. The number of benzene rings is 8. The summed E-state index contributed by atoms with van der Waals surface area (Å²) in [6.07, 6.45) is 0. The molecular weight excluding hydrogens is 1210 g/mol. The number of ether oxygens (including phenoxy) is 6. The lowest BCUT2D eigenvalue weighted by molar-refractivity contribution is 0.262. The summed E-state index contributed by atoms with van der Waals surface area (Å²) in [6, 6.07) is 22.7. The van der Waals surface area contributed by atoms with Crippen molar-refractivity contribution in [1.29, 1.82) is 0 Å². The highest BCUT2D eigenvalue weighted by Gasteiger charge is 2.24. The second-order valence-electron chi connectivity index (χ2n) is 18.0. The molecule has 0 aromatic heterocycles. The van der Waals surface area contributed by atoms with Crippen LogP contribution in [0.4, 0.5) is 61.7 Å². The fourth-order valence-corrected chi connectivity index (χ4v) is 11.0. The Morgan fingerprint density at radius 1 is 0.360 bits per heavy atom. The van der Waals surface area contributed by atoms with Crippen molar-refractivity contribution in [2.24, 2.45) is 40.9 Å². The van der Waals surface area contributed by atoms with Crippen LogP contribution in [0.15, 0.2) is 170 Å². The van der Waals surface area contributed by atoms with Gasteiger partial charge >= 0.3 is 6.03 Å². The number of carbonyl (C=O) groups is 1. The molecule has 86 heavy (non-hydrogen) atoms. The number of hydrogen-bond acceptors (Lipinski definition) is 23. The lowest BCUT2D eigenvalue weighted by atomic mass is 10.1. The van der Waals surface area contributed by atoms with Crippen molar-refractivity contribution >= 4 is 125 Å². The fraction of sp³-hybridized carbons (Fsp3) is 0.151. The summed E-state index contributed by atoms with van der Waals surface area (Å²) in [7, 11) is -11.3. The Bertz CT molecular complexity index is 4390. The number of methoxy groups -OCH3 is 6. The third kappa shape index (κ3) is 14.1. The van der Waals surface area contributed by atoms with Gasteiger partial charge < -0.3 is 39.1 Å². The number of urea groups is 1. The van der Waals surface area contributed by atoms with E-state index in [4.69, 9.17) is 28.4 Å². The fourth-order valence-electron chi connectivity index (χ4n) is 8.28. The minimum atomic E-state index is -4.96. The van der Waals surface area contributed by atoms with Crippen LogP contribution >= 0.6 is 0 Å². The molecule has 0 heterocycles. The third-order valence-electron chi connectivity index (χ3n) is 12.5. The lowest BCUT2D eigenvalue weighted by Gasteiger charge is -2.15. The van der Waals surface area contributed by atoms with E-state index in [0.29, 0.717) is 34.6 Å². The van der Waals surface area contributed by atoms with Crippen molar-refractivity contribution in [1.82, 2.24) is 0 Å². The van der Waals surface area contributed by atoms with E-state index < -0.39 is 66.1 Å². The lowest BCUT2D eigenvalue weighted by Crippen LogP contribution is -2.20. The monoisotopic (exact) mass is 1260 g/mol. The van der Waals surface area contributed by atoms with E-state index in [2.05, 4.69) is 51.5 Å². The Hall–Kier alpha value is -9.61. The molecule has 0 saturated carbocycles. The molecule has 0 unspecified atom stereocenters. The highest BCUT2D eigenvalue weighted by Crippen LogP contribution is 2.45. The summed E-state index contributed by atoms with van der Waals surface area (Å²) >= 11 is 0. The molecule has 8 rings (SSSR count). The van der Waals surface area contributed by atoms with E-state index in [9.17, 15) is 56.7 Å². The molecule has 0 fully saturated rings. The first kappa shape index (κ1) is 62.4. The number of carbonyl (C=O) groups excluding carboxylic acids is 1. The number of anilines is 2.